The van der Waals surface area contributed by atoms with Crippen molar-refractivity contribution < 1.29 is 9.47 Å². The van der Waals surface area contributed by atoms with Gasteiger partial charge in [-0.2, -0.15) is 9.97 Å². The number of nitrogens with zero attached hydrogens (tertiary/aromatic N) is 4. The number of nitrogens with one attached hydrogen (secondary N) is 1. The SMILES string of the molecule is CC(C)[C@@H](Nc1nc(Cl)nc2c1ncn2[C@@H]1[C@H]2C[C@H]2[C@H]2OC(C)(C)O[C@H]21)C1CC1. The summed E-state index contributed by atoms with van der Waals surface area (Å²) in [7, 11) is 0. The van der Waals surface area contributed by atoms with Gasteiger partial charge in [0.05, 0.1) is 18.5 Å². The molecule has 6 atom stereocenters. The predicted molar refractivity (Wildman–Crippen MR) is 110 cm³/mol. The average molecular weight is 418 g/mol. The van der Waals surface area contributed by atoms with E-state index in [9.17, 15) is 0 Å². The summed E-state index contributed by atoms with van der Waals surface area (Å²) >= 11 is 6.36. The molecule has 7 nitrogen and oxygen atoms in total. The zero-order valence-electron chi connectivity index (χ0n) is 17.3. The van der Waals surface area contributed by atoms with Gasteiger partial charge in [-0.05, 0) is 68.4 Å². The molecule has 3 heterocycles. The minimum Gasteiger partial charge on any atom is -0.365 e. The maximum absolute atomic E-state index is 6.36. The summed E-state index contributed by atoms with van der Waals surface area (Å²) in [4.78, 5) is 13.8. The summed E-state index contributed by atoms with van der Waals surface area (Å²) in [5, 5.41) is 3.90. The van der Waals surface area contributed by atoms with Gasteiger partial charge in [0.2, 0.25) is 5.28 Å². The standard InChI is InChI=1S/C21H28ClN5O2/c1-9(2)13(10-5-6-10)24-18-14-19(26-20(22)25-18)27(8-23-14)15-11-7-12(11)16-17(15)29-21(3,4)28-16/h8-13,15-17H,5-7H2,1-4H3,(H,24,25,26)/t11-,12+,13+,15+,16+,17-/m0/s1. The van der Waals surface area contributed by atoms with E-state index in [0.717, 1.165) is 17.0 Å². The number of anilines is 1. The van der Waals surface area contributed by atoms with Gasteiger partial charge in [-0.15, -0.1) is 0 Å². The number of rotatable bonds is 5. The summed E-state index contributed by atoms with van der Waals surface area (Å²) < 4.78 is 14.7. The molecule has 156 valence electrons. The smallest absolute Gasteiger partial charge is 0.226 e. The Morgan fingerprint density at radius 1 is 1.17 bits per heavy atom. The molecular formula is C21H28ClN5O2. The van der Waals surface area contributed by atoms with Crippen LogP contribution in [0.1, 0.15) is 53.0 Å². The van der Waals surface area contributed by atoms with Crippen LogP contribution < -0.4 is 5.32 Å². The van der Waals surface area contributed by atoms with Crippen molar-refractivity contribution in [2.75, 3.05) is 5.32 Å². The molecule has 2 aromatic heterocycles. The largest absolute Gasteiger partial charge is 0.365 e. The highest BCUT2D eigenvalue weighted by molar-refractivity contribution is 6.28. The van der Waals surface area contributed by atoms with Crippen LogP contribution in [0.2, 0.25) is 5.28 Å². The van der Waals surface area contributed by atoms with Crippen molar-refractivity contribution in [3.63, 3.8) is 0 Å². The van der Waals surface area contributed by atoms with Crippen LogP contribution in [0.5, 0.6) is 0 Å². The number of aromatic nitrogens is 4. The average Bonchev–Trinajstić information content (AvgIpc) is 3.52. The lowest BCUT2D eigenvalue weighted by atomic mass is 9.99. The minimum absolute atomic E-state index is 0.0335. The van der Waals surface area contributed by atoms with Gasteiger partial charge >= 0.3 is 0 Å². The highest BCUT2D eigenvalue weighted by Gasteiger charge is 2.66. The number of hydrogen-bond donors (Lipinski definition) is 1. The van der Waals surface area contributed by atoms with Gasteiger partial charge < -0.3 is 19.4 Å². The molecule has 0 spiro atoms. The predicted octanol–water partition coefficient (Wildman–Crippen LogP) is 4.04. The highest BCUT2D eigenvalue weighted by atomic mass is 35.5. The van der Waals surface area contributed by atoms with Gasteiger partial charge in [0.25, 0.3) is 0 Å². The second-order valence-corrected chi connectivity index (χ2v) is 10.4. The number of halogens is 1. The Morgan fingerprint density at radius 3 is 2.66 bits per heavy atom. The fourth-order valence-electron chi connectivity index (χ4n) is 5.68. The summed E-state index contributed by atoms with van der Waals surface area (Å²) in [6, 6.07) is 0.560. The van der Waals surface area contributed by atoms with E-state index in [4.69, 9.17) is 26.1 Å². The molecule has 8 heteroatoms. The van der Waals surface area contributed by atoms with Crippen molar-refractivity contribution in [2.45, 2.75) is 77.0 Å². The van der Waals surface area contributed by atoms with Crippen molar-refractivity contribution in [2.24, 2.45) is 23.7 Å². The summed E-state index contributed by atoms with van der Waals surface area (Å²) in [6.45, 7) is 8.49. The number of imidazole rings is 1. The van der Waals surface area contributed by atoms with Gasteiger partial charge in [0, 0.05) is 6.04 Å². The quantitative estimate of drug-likeness (QED) is 0.740. The van der Waals surface area contributed by atoms with Crippen LogP contribution in [-0.2, 0) is 9.47 Å². The lowest BCUT2D eigenvalue weighted by molar-refractivity contribution is -0.156. The van der Waals surface area contributed by atoms with Crippen LogP contribution in [0.3, 0.4) is 0 Å². The van der Waals surface area contributed by atoms with Crippen LogP contribution in [0.25, 0.3) is 11.2 Å². The van der Waals surface area contributed by atoms with Crippen LogP contribution in [0, 0.1) is 23.7 Å². The Morgan fingerprint density at radius 2 is 1.93 bits per heavy atom. The molecule has 3 aliphatic carbocycles. The zero-order chi connectivity index (χ0) is 20.1. The van der Waals surface area contributed by atoms with Crippen LogP contribution in [0.4, 0.5) is 5.82 Å². The Kier molecular flexibility index (Phi) is 3.83. The van der Waals surface area contributed by atoms with Crippen LogP contribution >= 0.6 is 11.6 Å². The van der Waals surface area contributed by atoms with Crippen molar-refractivity contribution in [3.05, 3.63) is 11.6 Å². The Labute approximate surface area is 175 Å². The monoisotopic (exact) mass is 417 g/mol. The third-order valence-electron chi connectivity index (χ3n) is 7.12. The first-order chi connectivity index (χ1) is 13.8. The molecule has 3 saturated carbocycles. The summed E-state index contributed by atoms with van der Waals surface area (Å²) in [6.07, 6.45) is 5.80. The van der Waals surface area contributed by atoms with Crippen molar-refractivity contribution >= 4 is 28.6 Å². The zero-order valence-corrected chi connectivity index (χ0v) is 18.1. The molecule has 1 aliphatic heterocycles. The van der Waals surface area contributed by atoms with E-state index in [0.29, 0.717) is 29.7 Å². The van der Waals surface area contributed by atoms with E-state index in [-0.39, 0.29) is 23.5 Å². The number of fused-ring (bicyclic) bond motifs is 4. The topological polar surface area (TPSA) is 74.1 Å². The molecule has 4 aliphatic rings. The van der Waals surface area contributed by atoms with E-state index in [1.54, 1.807) is 0 Å². The van der Waals surface area contributed by atoms with E-state index in [1.165, 1.54) is 19.3 Å². The fourth-order valence-corrected chi connectivity index (χ4v) is 5.84. The van der Waals surface area contributed by atoms with Crippen LogP contribution in [-0.4, -0.2) is 43.6 Å². The molecule has 1 N–H and O–H groups in total. The van der Waals surface area contributed by atoms with Crippen molar-refractivity contribution in [1.29, 1.82) is 0 Å². The third-order valence-corrected chi connectivity index (χ3v) is 7.29. The van der Waals surface area contributed by atoms with Gasteiger partial charge in [-0.25, -0.2) is 4.98 Å². The Hall–Kier alpha value is -1.44. The first-order valence-electron chi connectivity index (χ1n) is 10.8. The molecule has 2 aromatic rings. The molecule has 0 amide bonds. The third kappa shape index (κ3) is 2.88. The first kappa shape index (κ1) is 18.3. The molecule has 0 radical (unpaired) electrons. The van der Waals surface area contributed by atoms with Gasteiger partial charge in [0.15, 0.2) is 22.8 Å². The molecule has 1 saturated heterocycles. The molecule has 29 heavy (non-hydrogen) atoms. The van der Waals surface area contributed by atoms with Gasteiger partial charge in [-0.3, -0.25) is 0 Å². The second-order valence-electron chi connectivity index (χ2n) is 10.0. The normalized spacial score (nSPS) is 35.7. The fraction of sp³-hybridized carbons (Fsp3) is 0.762. The van der Waals surface area contributed by atoms with Gasteiger partial charge in [-0.1, -0.05) is 13.8 Å². The lowest BCUT2D eigenvalue weighted by Gasteiger charge is -2.25. The first-order valence-corrected chi connectivity index (χ1v) is 11.2. The Balaban J connectivity index is 1.38. The number of ether oxygens (including phenoxy) is 2. The maximum atomic E-state index is 6.36. The van der Waals surface area contributed by atoms with Crippen molar-refractivity contribution in [1.82, 2.24) is 19.5 Å². The van der Waals surface area contributed by atoms with E-state index in [2.05, 4.69) is 33.7 Å². The van der Waals surface area contributed by atoms with E-state index >= 15 is 0 Å². The molecular weight excluding hydrogens is 390 g/mol. The lowest BCUT2D eigenvalue weighted by Crippen LogP contribution is -2.30. The highest BCUT2D eigenvalue weighted by Crippen LogP contribution is 2.63. The second kappa shape index (κ2) is 6.05. The minimum atomic E-state index is -0.536. The molecule has 0 bridgehead atoms. The molecule has 0 unspecified atom stereocenters. The van der Waals surface area contributed by atoms with Crippen LogP contribution in [0.15, 0.2) is 6.33 Å². The number of hydrogen-bond acceptors (Lipinski definition) is 6. The molecule has 6 rings (SSSR count). The van der Waals surface area contributed by atoms with Gasteiger partial charge in [0.1, 0.15) is 6.10 Å². The summed E-state index contributed by atoms with van der Waals surface area (Å²) in [5.41, 5.74) is 1.58. The Bertz CT molecular complexity index is 969. The van der Waals surface area contributed by atoms with Crippen molar-refractivity contribution in [3.8, 4) is 0 Å². The molecule has 4 fully saturated rings. The van der Waals surface area contributed by atoms with E-state index < -0.39 is 5.79 Å². The maximum Gasteiger partial charge on any atom is 0.226 e. The van der Waals surface area contributed by atoms with E-state index in [1.807, 2.05) is 20.2 Å². The summed E-state index contributed by atoms with van der Waals surface area (Å²) in [5.74, 6) is 2.55. The molecule has 0 aromatic carbocycles.